The molecule has 19 heavy (non-hydrogen) atoms. The van der Waals surface area contributed by atoms with E-state index in [9.17, 15) is 13.2 Å². The highest BCUT2D eigenvalue weighted by Crippen LogP contribution is 2.30. The van der Waals surface area contributed by atoms with Crippen LogP contribution < -0.4 is 0 Å². The molecular weight excluding hydrogens is 279 g/mol. The van der Waals surface area contributed by atoms with Gasteiger partial charge in [0.25, 0.3) is 6.43 Å². The van der Waals surface area contributed by atoms with Gasteiger partial charge in [-0.2, -0.15) is 10.4 Å². The van der Waals surface area contributed by atoms with Crippen LogP contribution in [0.2, 0.25) is 5.15 Å². The van der Waals surface area contributed by atoms with Crippen LogP contribution in [0.1, 0.15) is 23.2 Å². The summed E-state index contributed by atoms with van der Waals surface area (Å²) in [5, 5.41) is 12.3. The summed E-state index contributed by atoms with van der Waals surface area (Å²) >= 11 is 5.87. The third-order valence-electron chi connectivity index (χ3n) is 2.56. The van der Waals surface area contributed by atoms with Gasteiger partial charge in [0.15, 0.2) is 5.15 Å². The Morgan fingerprint density at radius 2 is 2.11 bits per heavy atom. The van der Waals surface area contributed by atoms with Crippen molar-refractivity contribution in [2.24, 2.45) is 0 Å². The monoisotopic (exact) mass is 285 g/mol. The third kappa shape index (κ3) is 2.29. The highest BCUT2D eigenvalue weighted by Gasteiger charge is 2.24. The summed E-state index contributed by atoms with van der Waals surface area (Å²) < 4.78 is 39.5. The fraction of sp³-hybridized carbons (Fsp3) is 0.167. The number of rotatable bonds is 2. The zero-order valence-corrected chi connectivity index (χ0v) is 10.4. The minimum Gasteiger partial charge on any atom is -0.220 e. The predicted molar refractivity (Wildman–Crippen MR) is 62.9 cm³/mol. The molecule has 0 N–H and O–H groups in total. The van der Waals surface area contributed by atoms with Gasteiger partial charge in [-0.05, 0) is 30.7 Å². The summed E-state index contributed by atoms with van der Waals surface area (Å²) in [6.07, 6.45) is -2.91. The van der Waals surface area contributed by atoms with Gasteiger partial charge in [0.05, 0.1) is 5.69 Å². The minimum atomic E-state index is -2.91. The van der Waals surface area contributed by atoms with E-state index < -0.39 is 17.9 Å². The Morgan fingerprint density at radius 3 is 2.58 bits per heavy atom. The second kappa shape index (κ2) is 4.94. The normalized spacial score (nSPS) is 10.8. The zero-order valence-electron chi connectivity index (χ0n) is 9.66. The number of nitrogens with zero attached hydrogens (tertiary/aromatic N) is 3. The van der Waals surface area contributed by atoms with Crippen molar-refractivity contribution < 1.29 is 13.2 Å². The summed E-state index contributed by atoms with van der Waals surface area (Å²) in [7, 11) is 0. The SMILES string of the molecule is Cc1cc(F)ccc1-n1nc(C(F)F)c(C#N)c1Cl. The molecule has 0 saturated heterocycles. The number of aryl methyl sites for hydroxylation is 1. The van der Waals surface area contributed by atoms with Crippen LogP contribution in [0.3, 0.4) is 0 Å². The second-order valence-corrected chi connectivity index (χ2v) is 4.16. The molecule has 0 unspecified atom stereocenters. The van der Waals surface area contributed by atoms with E-state index in [0.29, 0.717) is 11.3 Å². The Morgan fingerprint density at radius 1 is 1.42 bits per heavy atom. The molecule has 0 spiro atoms. The minimum absolute atomic E-state index is 0.215. The fourth-order valence-corrected chi connectivity index (χ4v) is 1.95. The van der Waals surface area contributed by atoms with Crippen LogP contribution in [0.4, 0.5) is 13.2 Å². The smallest absolute Gasteiger partial charge is 0.220 e. The van der Waals surface area contributed by atoms with Crippen LogP contribution >= 0.6 is 11.6 Å². The molecule has 2 aromatic rings. The van der Waals surface area contributed by atoms with E-state index in [1.807, 2.05) is 0 Å². The first kappa shape index (κ1) is 13.4. The summed E-state index contributed by atoms with van der Waals surface area (Å²) in [6, 6.07) is 5.34. The zero-order chi connectivity index (χ0) is 14.2. The van der Waals surface area contributed by atoms with Crippen molar-refractivity contribution in [1.82, 2.24) is 9.78 Å². The van der Waals surface area contributed by atoms with E-state index in [4.69, 9.17) is 16.9 Å². The standard InChI is InChI=1S/C12H7ClF3N3/c1-6-4-7(14)2-3-9(6)19-11(13)8(5-17)10(18-19)12(15)16/h2-4,12H,1H3. The Bertz CT molecular complexity index is 674. The van der Waals surface area contributed by atoms with Gasteiger partial charge in [0.1, 0.15) is 23.1 Å². The molecule has 0 saturated carbocycles. The first-order chi connectivity index (χ1) is 8.95. The molecule has 0 bridgehead atoms. The van der Waals surface area contributed by atoms with Crippen molar-refractivity contribution in [3.05, 3.63) is 46.0 Å². The van der Waals surface area contributed by atoms with Gasteiger partial charge < -0.3 is 0 Å². The van der Waals surface area contributed by atoms with Crippen LogP contribution in [-0.4, -0.2) is 9.78 Å². The number of hydrogen-bond acceptors (Lipinski definition) is 2. The van der Waals surface area contributed by atoms with E-state index in [1.54, 1.807) is 13.0 Å². The van der Waals surface area contributed by atoms with Gasteiger partial charge in [0, 0.05) is 0 Å². The molecule has 1 aromatic heterocycles. The van der Waals surface area contributed by atoms with E-state index in [-0.39, 0.29) is 10.7 Å². The summed E-state index contributed by atoms with van der Waals surface area (Å²) in [6.45, 7) is 1.59. The number of halogens is 4. The Labute approximate surface area is 111 Å². The fourth-order valence-electron chi connectivity index (χ4n) is 1.69. The average molecular weight is 286 g/mol. The molecule has 1 heterocycles. The summed E-state index contributed by atoms with van der Waals surface area (Å²) in [5.74, 6) is -0.459. The topological polar surface area (TPSA) is 41.6 Å². The maximum atomic E-state index is 13.0. The number of alkyl halides is 2. The van der Waals surface area contributed by atoms with Crippen molar-refractivity contribution in [1.29, 1.82) is 5.26 Å². The molecule has 3 nitrogen and oxygen atoms in total. The molecular formula is C12H7ClF3N3. The lowest BCUT2D eigenvalue weighted by Gasteiger charge is -2.06. The van der Waals surface area contributed by atoms with Crippen LogP contribution in [0.15, 0.2) is 18.2 Å². The lowest BCUT2D eigenvalue weighted by atomic mass is 10.2. The highest BCUT2D eigenvalue weighted by atomic mass is 35.5. The van der Waals surface area contributed by atoms with Gasteiger partial charge in [-0.3, -0.25) is 0 Å². The molecule has 0 fully saturated rings. The second-order valence-electron chi connectivity index (χ2n) is 3.81. The molecule has 0 aliphatic carbocycles. The van der Waals surface area contributed by atoms with Crippen LogP contribution in [0, 0.1) is 24.1 Å². The van der Waals surface area contributed by atoms with Crippen molar-refractivity contribution in [3.63, 3.8) is 0 Å². The number of benzene rings is 1. The summed E-state index contributed by atoms with van der Waals surface area (Å²) in [5.41, 5.74) is -0.249. The van der Waals surface area contributed by atoms with E-state index in [0.717, 1.165) is 10.7 Å². The van der Waals surface area contributed by atoms with Crippen molar-refractivity contribution in [3.8, 4) is 11.8 Å². The van der Waals surface area contributed by atoms with Gasteiger partial charge in [-0.25, -0.2) is 17.9 Å². The maximum Gasteiger partial charge on any atom is 0.283 e. The molecule has 0 aliphatic rings. The maximum absolute atomic E-state index is 13.0. The Balaban J connectivity index is 2.67. The molecule has 0 amide bonds. The van der Waals surface area contributed by atoms with E-state index in [1.165, 1.54) is 12.1 Å². The van der Waals surface area contributed by atoms with Gasteiger partial charge >= 0.3 is 0 Å². The first-order valence-electron chi connectivity index (χ1n) is 5.19. The van der Waals surface area contributed by atoms with Crippen LogP contribution in [-0.2, 0) is 0 Å². The van der Waals surface area contributed by atoms with Gasteiger partial charge in [-0.1, -0.05) is 11.6 Å². The molecule has 2 rings (SSSR count). The molecule has 98 valence electrons. The molecule has 1 aromatic carbocycles. The number of aromatic nitrogens is 2. The molecule has 0 atom stereocenters. The molecule has 0 aliphatic heterocycles. The van der Waals surface area contributed by atoms with Crippen molar-refractivity contribution in [2.45, 2.75) is 13.3 Å². The quantitative estimate of drug-likeness (QED) is 0.842. The van der Waals surface area contributed by atoms with Gasteiger partial charge in [0.2, 0.25) is 0 Å². The van der Waals surface area contributed by atoms with Crippen LogP contribution in [0.5, 0.6) is 0 Å². The van der Waals surface area contributed by atoms with Crippen molar-refractivity contribution >= 4 is 11.6 Å². The molecule has 7 heteroatoms. The van der Waals surface area contributed by atoms with Crippen molar-refractivity contribution in [2.75, 3.05) is 0 Å². The molecule has 0 radical (unpaired) electrons. The summed E-state index contributed by atoms with van der Waals surface area (Å²) in [4.78, 5) is 0. The van der Waals surface area contributed by atoms with Crippen LogP contribution in [0.25, 0.3) is 5.69 Å². The average Bonchev–Trinajstić information content (AvgIpc) is 2.66. The van der Waals surface area contributed by atoms with Gasteiger partial charge in [-0.15, -0.1) is 0 Å². The first-order valence-corrected chi connectivity index (χ1v) is 5.56. The predicted octanol–water partition coefficient (Wildman–Crippen LogP) is 3.78. The Hall–Kier alpha value is -2.00. The van der Waals surface area contributed by atoms with E-state index >= 15 is 0 Å². The number of hydrogen-bond donors (Lipinski definition) is 0. The third-order valence-corrected chi connectivity index (χ3v) is 2.91. The Kier molecular flexibility index (Phi) is 3.49. The van der Waals surface area contributed by atoms with E-state index in [2.05, 4.69) is 5.10 Å². The lowest BCUT2D eigenvalue weighted by molar-refractivity contribution is 0.145. The highest BCUT2D eigenvalue weighted by molar-refractivity contribution is 6.31. The lowest BCUT2D eigenvalue weighted by Crippen LogP contribution is -2.00. The number of nitriles is 1. The largest absolute Gasteiger partial charge is 0.283 e.